The van der Waals surface area contributed by atoms with Crippen LogP contribution < -0.4 is 5.73 Å². The maximum atomic E-state index is 12.1. The Morgan fingerprint density at radius 3 is 2.44 bits per heavy atom. The number of nitrogens with zero attached hydrogens (tertiary/aromatic N) is 1. The van der Waals surface area contributed by atoms with E-state index in [9.17, 15) is 4.79 Å². The minimum atomic E-state index is 0.269. The standard InChI is InChI=1S/C13H24N2O/c1-10(12-2-3-12)13(16)15-8-5-11(4-7-14)6-9-15/h10-12H,2-9,14H2,1H3. The Morgan fingerprint density at radius 1 is 1.31 bits per heavy atom. The van der Waals surface area contributed by atoms with Gasteiger partial charge in [0.1, 0.15) is 0 Å². The van der Waals surface area contributed by atoms with Crippen molar-refractivity contribution in [2.24, 2.45) is 23.5 Å². The van der Waals surface area contributed by atoms with E-state index in [0.29, 0.717) is 11.8 Å². The molecule has 0 radical (unpaired) electrons. The van der Waals surface area contributed by atoms with Crippen molar-refractivity contribution in [2.75, 3.05) is 19.6 Å². The molecule has 3 heteroatoms. The van der Waals surface area contributed by atoms with Crippen LogP contribution in [0.3, 0.4) is 0 Å². The monoisotopic (exact) mass is 224 g/mol. The number of amides is 1. The predicted molar refractivity (Wildman–Crippen MR) is 64.9 cm³/mol. The number of hydrogen-bond acceptors (Lipinski definition) is 2. The fraction of sp³-hybridized carbons (Fsp3) is 0.923. The van der Waals surface area contributed by atoms with Gasteiger partial charge in [0.05, 0.1) is 0 Å². The third kappa shape index (κ3) is 2.76. The second-order valence-electron chi connectivity index (χ2n) is 5.47. The lowest BCUT2D eigenvalue weighted by atomic mass is 9.92. The summed E-state index contributed by atoms with van der Waals surface area (Å²) in [6.07, 6.45) is 5.95. The van der Waals surface area contributed by atoms with Gasteiger partial charge in [-0.3, -0.25) is 4.79 Å². The molecule has 0 bridgehead atoms. The Morgan fingerprint density at radius 2 is 1.94 bits per heavy atom. The molecule has 0 aromatic rings. The Balaban J connectivity index is 1.77. The molecular formula is C13H24N2O. The lowest BCUT2D eigenvalue weighted by Gasteiger charge is -2.33. The van der Waals surface area contributed by atoms with E-state index < -0.39 is 0 Å². The van der Waals surface area contributed by atoms with Crippen molar-refractivity contribution in [2.45, 2.75) is 39.0 Å². The number of carbonyl (C=O) groups is 1. The Kier molecular flexibility index (Phi) is 3.85. The highest BCUT2D eigenvalue weighted by Gasteiger charge is 2.35. The van der Waals surface area contributed by atoms with Crippen LogP contribution in [0.2, 0.25) is 0 Å². The highest BCUT2D eigenvalue weighted by Crippen LogP contribution is 2.37. The van der Waals surface area contributed by atoms with Gasteiger partial charge in [-0.2, -0.15) is 0 Å². The number of nitrogens with two attached hydrogens (primary N) is 1. The third-order valence-corrected chi connectivity index (χ3v) is 4.22. The van der Waals surface area contributed by atoms with Crippen LogP contribution in [0, 0.1) is 17.8 Å². The molecule has 2 rings (SSSR count). The van der Waals surface area contributed by atoms with Gasteiger partial charge in [-0.15, -0.1) is 0 Å². The topological polar surface area (TPSA) is 46.3 Å². The first-order valence-corrected chi connectivity index (χ1v) is 6.71. The van der Waals surface area contributed by atoms with E-state index in [1.807, 2.05) is 0 Å². The lowest BCUT2D eigenvalue weighted by molar-refractivity contribution is -0.137. The maximum Gasteiger partial charge on any atom is 0.225 e. The van der Waals surface area contributed by atoms with Gasteiger partial charge in [-0.1, -0.05) is 6.92 Å². The van der Waals surface area contributed by atoms with Crippen molar-refractivity contribution in [3.05, 3.63) is 0 Å². The summed E-state index contributed by atoms with van der Waals surface area (Å²) < 4.78 is 0. The van der Waals surface area contributed by atoms with Crippen LogP contribution in [0.5, 0.6) is 0 Å². The molecule has 0 aromatic carbocycles. The van der Waals surface area contributed by atoms with Gasteiger partial charge in [0.2, 0.25) is 5.91 Å². The minimum absolute atomic E-state index is 0.269. The second kappa shape index (κ2) is 5.17. The summed E-state index contributed by atoms with van der Waals surface area (Å²) in [5, 5.41) is 0. The van der Waals surface area contributed by atoms with E-state index in [1.54, 1.807) is 0 Å². The average Bonchev–Trinajstić information content (AvgIpc) is 3.12. The molecule has 1 heterocycles. The van der Waals surface area contributed by atoms with Gasteiger partial charge in [0, 0.05) is 19.0 Å². The average molecular weight is 224 g/mol. The summed E-state index contributed by atoms with van der Waals surface area (Å²) >= 11 is 0. The molecule has 1 saturated heterocycles. The van der Waals surface area contributed by atoms with Crippen molar-refractivity contribution in [3.8, 4) is 0 Å². The first kappa shape index (κ1) is 11.9. The van der Waals surface area contributed by atoms with E-state index >= 15 is 0 Å². The van der Waals surface area contributed by atoms with Crippen molar-refractivity contribution >= 4 is 5.91 Å². The van der Waals surface area contributed by atoms with Crippen molar-refractivity contribution in [1.29, 1.82) is 0 Å². The van der Waals surface area contributed by atoms with Crippen LogP contribution in [0.25, 0.3) is 0 Å². The number of hydrogen-bond donors (Lipinski definition) is 1. The van der Waals surface area contributed by atoms with Crippen LogP contribution >= 0.6 is 0 Å². The minimum Gasteiger partial charge on any atom is -0.342 e. The molecule has 2 fully saturated rings. The van der Waals surface area contributed by atoms with Crippen LogP contribution in [-0.4, -0.2) is 30.4 Å². The third-order valence-electron chi connectivity index (χ3n) is 4.22. The second-order valence-corrected chi connectivity index (χ2v) is 5.47. The first-order chi connectivity index (χ1) is 7.72. The zero-order valence-corrected chi connectivity index (χ0v) is 10.3. The molecule has 0 aromatic heterocycles. The zero-order chi connectivity index (χ0) is 11.5. The summed E-state index contributed by atoms with van der Waals surface area (Å²) in [4.78, 5) is 14.2. The molecule has 1 amide bonds. The molecule has 2 N–H and O–H groups in total. The Hall–Kier alpha value is -0.570. The molecule has 1 saturated carbocycles. The van der Waals surface area contributed by atoms with Crippen LogP contribution in [0.1, 0.15) is 39.0 Å². The van der Waals surface area contributed by atoms with Crippen molar-refractivity contribution in [1.82, 2.24) is 4.90 Å². The molecule has 1 atom stereocenters. The summed E-state index contributed by atoms with van der Waals surface area (Å²) in [5.41, 5.74) is 5.57. The molecule has 2 aliphatic rings. The summed E-state index contributed by atoms with van der Waals surface area (Å²) in [6.45, 7) is 4.81. The molecule has 1 aliphatic carbocycles. The lowest BCUT2D eigenvalue weighted by Crippen LogP contribution is -2.41. The molecule has 1 aliphatic heterocycles. The number of likely N-dealkylation sites (tertiary alicyclic amines) is 1. The maximum absolute atomic E-state index is 12.1. The number of piperidine rings is 1. The quantitative estimate of drug-likeness (QED) is 0.788. The van der Waals surface area contributed by atoms with E-state index in [4.69, 9.17) is 5.73 Å². The van der Waals surface area contributed by atoms with E-state index in [2.05, 4.69) is 11.8 Å². The highest BCUT2D eigenvalue weighted by atomic mass is 16.2. The zero-order valence-electron chi connectivity index (χ0n) is 10.3. The van der Waals surface area contributed by atoms with Crippen molar-refractivity contribution < 1.29 is 4.79 Å². The van der Waals surface area contributed by atoms with E-state index in [1.165, 1.54) is 12.8 Å². The van der Waals surface area contributed by atoms with E-state index in [0.717, 1.165) is 44.8 Å². The molecule has 0 spiro atoms. The Labute approximate surface area is 98.4 Å². The first-order valence-electron chi connectivity index (χ1n) is 6.71. The molecule has 16 heavy (non-hydrogen) atoms. The predicted octanol–water partition coefficient (Wildman–Crippen LogP) is 1.62. The molecule has 92 valence electrons. The molecular weight excluding hydrogens is 200 g/mol. The number of rotatable bonds is 4. The van der Waals surface area contributed by atoms with Crippen LogP contribution in [-0.2, 0) is 4.79 Å². The normalized spacial score (nSPS) is 24.5. The SMILES string of the molecule is CC(C(=O)N1CCC(CCN)CC1)C1CC1. The smallest absolute Gasteiger partial charge is 0.225 e. The fourth-order valence-corrected chi connectivity index (χ4v) is 2.76. The number of carbonyl (C=O) groups excluding carboxylic acids is 1. The van der Waals surface area contributed by atoms with Crippen LogP contribution in [0.4, 0.5) is 0 Å². The summed E-state index contributed by atoms with van der Waals surface area (Å²) in [5.74, 6) is 2.11. The van der Waals surface area contributed by atoms with Crippen molar-refractivity contribution in [3.63, 3.8) is 0 Å². The molecule has 1 unspecified atom stereocenters. The van der Waals surface area contributed by atoms with Gasteiger partial charge in [-0.05, 0) is 50.5 Å². The summed E-state index contributed by atoms with van der Waals surface area (Å²) in [7, 11) is 0. The largest absolute Gasteiger partial charge is 0.342 e. The highest BCUT2D eigenvalue weighted by molar-refractivity contribution is 5.79. The van der Waals surface area contributed by atoms with E-state index in [-0.39, 0.29) is 5.92 Å². The van der Waals surface area contributed by atoms with Crippen LogP contribution in [0.15, 0.2) is 0 Å². The van der Waals surface area contributed by atoms with Gasteiger partial charge >= 0.3 is 0 Å². The Bertz CT molecular complexity index is 242. The van der Waals surface area contributed by atoms with Gasteiger partial charge in [-0.25, -0.2) is 0 Å². The van der Waals surface area contributed by atoms with Gasteiger partial charge < -0.3 is 10.6 Å². The summed E-state index contributed by atoms with van der Waals surface area (Å²) in [6, 6.07) is 0. The molecule has 3 nitrogen and oxygen atoms in total. The van der Waals surface area contributed by atoms with Gasteiger partial charge in [0.25, 0.3) is 0 Å². The van der Waals surface area contributed by atoms with Gasteiger partial charge in [0.15, 0.2) is 0 Å². The fourth-order valence-electron chi connectivity index (χ4n) is 2.76.